The van der Waals surface area contributed by atoms with Crippen molar-refractivity contribution in [2.24, 2.45) is 10.9 Å². The zero-order valence-electron chi connectivity index (χ0n) is 13.4. The van der Waals surface area contributed by atoms with E-state index in [1.807, 2.05) is 12.3 Å². The van der Waals surface area contributed by atoms with Crippen LogP contribution in [0.1, 0.15) is 25.3 Å². The number of nitrogens with one attached hydrogen (secondary N) is 3. The third-order valence-electron chi connectivity index (χ3n) is 3.96. The van der Waals surface area contributed by atoms with Gasteiger partial charge in [0.15, 0.2) is 5.96 Å². The van der Waals surface area contributed by atoms with Crippen LogP contribution in [0.15, 0.2) is 29.4 Å². The lowest BCUT2D eigenvalue weighted by Gasteiger charge is -2.10. The average Bonchev–Trinajstić information content (AvgIpc) is 3.26. The minimum absolute atomic E-state index is 0. The SMILES string of the molecule is CCNC(=NCC1CC1)NCCc1c[nH]c2cc(F)ccc12.I. The number of guanidine groups is 1. The lowest BCUT2D eigenvalue weighted by molar-refractivity contribution is 0.629. The fraction of sp³-hybridized carbons (Fsp3) is 0.471. The summed E-state index contributed by atoms with van der Waals surface area (Å²) in [6.45, 7) is 4.66. The second-order valence-corrected chi connectivity index (χ2v) is 5.84. The summed E-state index contributed by atoms with van der Waals surface area (Å²) in [6.07, 6.45) is 5.46. The van der Waals surface area contributed by atoms with Crippen molar-refractivity contribution in [2.75, 3.05) is 19.6 Å². The summed E-state index contributed by atoms with van der Waals surface area (Å²) in [4.78, 5) is 7.73. The molecule has 1 aromatic carbocycles. The third kappa shape index (κ3) is 5.09. The Bertz CT molecular complexity index is 664. The fourth-order valence-corrected chi connectivity index (χ4v) is 2.54. The number of fused-ring (bicyclic) bond motifs is 1. The van der Waals surface area contributed by atoms with Gasteiger partial charge < -0.3 is 15.6 Å². The van der Waals surface area contributed by atoms with Crippen molar-refractivity contribution in [3.05, 3.63) is 35.8 Å². The fourth-order valence-electron chi connectivity index (χ4n) is 2.54. The Labute approximate surface area is 153 Å². The molecule has 1 fully saturated rings. The third-order valence-corrected chi connectivity index (χ3v) is 3.96. The van der Waals surface area contributed by atoms with Crippen LogP contribution in [0.25, 0.3) is 10.9 Å². The van der Waals surface area contributed by atoms with Crippen LogP contribution in [0, 0.1) is 11.7 Å². The zero-order chi connectivity index (χ0) is 15.4. The molecule has 2 aromatic rings. The number of hydrogen-bond donors (Lipinski definition) is 3. The predicted molar refractivity (Wildman–Crippen MR) is 104 cm³/mol. The summed E-state index contributed by atoms with van der Waals surface area (Å²) in [6, 6.07) is 4.88. The molecule has 0 atom stereocenters. The van der Waals surface area contributed by atoms with E-state index in [4.69, 9.17) is 0 Å². The van der Waals surface area contributed by atoms with Gasteiger partial charge in [-0.2, -0.15) is 0 Å². The largest absolute Gasteiger partial charge is 0.361 e. The van der Waals surface area contributed by atoms with Crippen molar-refractivity contribution in [3.63, 3.8) is 0 Å². The number of aromatic amines is 1. The number of rotatable bonds is 6. The van der Waals surface area contributed by atoms with E-state index in [1.54, 1.807) is 0 Å². The molecule has 0 saturated heterocycles. The summed E-state index contributed by atoms with van der Waals surface area (Å²) in [5.41, 5.74) is 2.05. The number of nitrogens with zero attached hydrogens (tertiary/aromatic N) is 1. The number of H-pyrrole nitrogens is 1. The predicted octanol–water partition coefficient (Wildman–Crippen LogP) is 3.43. The highest BCUT2D eigenvalue weighted by atomic mass is 127. The highest BCUT2D eigenvalue weighted by Crippen LogP contribution is 2.28. The summed E-state index contributed by atoms with van der Waals surface area (Å²) in [7, 11) is 0. The Balaban J connectivity index is 0.00000192. The molecule has 0 radical (unpaired) electrons. The van der Waals surface area contributed by atoms with E-state index in [2.05, 4.69) is 27.5 Å². The van der Waals surface area contributed by atoms with Crippen LogP contribution < -0.4 is 10.6 Å². The first-order valence-corrected chi connectivity index (χ1v) is 8.04. The lowest BCUT2D eigenvalue weighted by Crippen LogP contribution is -2.38. The van der Waals surface area contributed by atoms with E-state index in [0.29, 0.717) is 0 Å². The van der Waals surface area contributed by atoms with Gasteiger partial charge in [0.05, 0.1) is 0 Å². The van der Waals surface area contributed by atoms with Crippen molar-refractivity contribution in [1.82, 2.24) is 15.6 Å². The van der Waals surface area contributed by atoms with Crippen molar-refractivity contribution >= 4 is 40.8 Å². The molecule has 23 heavy (non-hydrogen) atoms. The molecule has 1 saturated carbocycles. The van der Waals surface area contributed by atoms with E-state index >= 15 is 0 Å². The molecule has 3 rings (SSSR count). The van der Waals surface area contributed by atoms with Gasteiger partial charge in [0.2, 0.25) is 0 Å². The van der Waals surface area contributed by atoms with Crippen molar-refractivity contribution < 1.29 is 4.39 Å². The van der Waals surface area contributed by atoms with Crippen LogP contribution in [0.5, 0.6) is 0 Å². The summed E-state index contributed by atoms with van der Waals surface area (Å²) in [5.74, 6) is 1.47. The number of aliphatic imine (C=N–C) groups is 1. The first kappa shape index (κ1) is 18.0. The number of benzene rings is 1. The van der Waals surface area contributed by atoms with E-state index in [9.17, 15) is 4.39 Å². The van der Waals surface area contributed by atoms with Crippen molar-refractivity contribution in [2.45, 2.75) is 26.2 Å². The molecule has 1 aliphatic rings. The molecule has 0 amide bonds. The standard InChI is InChI=1S/C17H23FN4.HI/c1-2-19-17(22-10-12-3-4-12)20-8-7-13-11-21-16-9-14(18)5-6-15(13)16;/h5-6,9,11-12,21H,2-4,7-8,10H2,1H3,(H2,19,20,22);1H. The molecule has 126 valence electrons. The molecule has 1 aliphatic carbocycles. The van der Waals surface area contributed by atoms with E-state index < -0.39 is 0 Å². The molecule has 1 aromatic heterocycles. The monoisotopic (exact) mass is 430 g/mol. The molecule has 0 bridgehead atoms. The van der Waals surface area contributed by atoms with Crippen molar-refractivity contribution in [3.8, 4) is 0 Å². The quantitative estimate of drug-likeness (QED) is 0.374. The van der Waals surface area contributed by atoms with Crippen LogP contribution >= 0.6 is 24.0 Å². The second kappa shape index (κ2) is 8.52. The van der Waals surface area contributed by atoms with Gasteiger partial charge in [-0.3, -0.25) is 4.99 Å². The topological polar surface area (TPSA) is 52.2 Å². The highest BCUT2D eigenvalue weighted by molar-refractivity contribution is 14.0. The first-order chi connectivity index (χ1) is 10.8. The Morgan fingerprint density at radius 3 is 2.91 bits per heavy atom. The van der Waals surface area contributed by atoms with Gasteiger partial charge in [-0.25, -0.2) is 4.39 Å². The van der Waals surface area contributed by atoms with Gasteiger partial charge in [0.1, 0.15) is 5.82 Å². The second-order valence-electron chi connectivity index (χ2n) is 5.84. The van der Waals surface area contributed by atoms with Gasteiger partial charge in [-0.05, 0) is 55.9 Å². The Hall–Kier alpha value is -1.31. The summed E-state index contributed by atoms with van der Waals surface area (Å²) >= 11 is 0. The molecular weight excluding hydrogens is 406 g/mol. The minimum atomic E-state index is -0.208. The molecule has 6 heteroatoms. The lowest BCUT2D eigenvalue weighted by atomic mass is 10.1. The minimum Gasteiger partial charge on any atom is -0.361 e. The number of halogens is 2. The van der Waals surface area contributed by atoms with Crippen LogP contribution in [0.4, 0.5) is 4.39 Å². The first-order valence-electron chi connectivity index (χ1n) is 8.04. The van der Waals surface area contributed by atoms with Crippen LogP contribution in [-0.2, 0) is 6.42 Å². The Morgan fingerprint density at radius 2 is 2.17 bits per heavy atom. The van der Waals surface area contributed by atoms with E-state index in [0.717, 1.165) is 48.8 Å². The summed E-state index contributed by atoms with van der Waals surface area (Å²) < 4.78 is 13.2. The van der Waals surface area contributed by atoms with E-state index in [-0.39, 0.29) is 29.8 Å². The van der Waals surface area contributed by atoms with Gasteiger partial charge in [-0.1, -0.05) is 0 Å². The Kier molecular flexibility index (Phi) is 6.68. The van der Waals surface area contributed by atoms with Gasteiger partial charge in [-0.15, -0.1) is 24.0 Å². The van der Waals surface area contributed by atoms with Crippen LogP contribution in [0.2, 0.25) is 0 Å². The van der Waals surface area contributed by atoms with E-state index in [1.165, 1.54) is 30.5 Å². The molecule has 0 spiro atoms. The summed E-state index contributed by atoms with van der Waals surface area (Å²) in [5, 5.41) is 7.73. The highest BCUT2D eigenvalue weighted by Gasteiger charge is 2.20. The molecule has 1 heterocycles. The van der Waals surface area contributed by atoms with Crippen LogP contribution in [-0.4, -0.2) is 30.6 Å². The Morgan fingerprint density at radius 1 is 1.35 bits per heavy atom. The molecule has 0 aliphatic heterocycles. The van der Waals surface area contributed by atoms with Crippen LogP contribution in [0.3, 0.4) is 0 Å². The average molecular weight is 430 g/mol. The maximum atomic E-state index is 13.2. The number of hydrogen-bond acceptors (Lipinski definition) is 1. The molecule has 4 nitrogen and oxygen atoms in total. The van der Waals surface area contributed by atoms with Gasteiger partial charge in [0, 0.05) is 36.7 Å². The van der Waals surface area contributed by atoms with Crippen molar-refractivity contribution in [1.29, 1.82) is 0 Å². The van der Waals surface area contributed by atoms with Gasteiger partial charge in [0.25, 0.3) is 0 Å². The number of aromatic nitrogens is 1. The zero-order valence-corrected chi connectivity index (χ0v) is 15.7. The maximum Gasteiger partial charge on any atom is 0.191 e. The molecule has 3 N–H and O–H groups in total. The van der Waals surface area contributed by atoms with Gasteiger partial charge >= 0.3 is 0 Å². The molecular formula is C17H24FIN4. The normalized spacial score (nSPS) is 14.6. The smallest absolute Gasteiger partial charge is 0.191 e. The maximum absolute atomic E-state index is 13.2. The molecule has 0 unspecified atom stereocenters.